The Labute approximate surface area is 94.2 Å². The smallest absolute Gasteiger partial charge is 0.0780 e. The zero-order valence-corrected chi connectivity index (χ0v) is 10.2. The highest BCUT2D eigenvalue weighted by molar-refractivity contribution is 4.98. The Morgan fingerprint density at radius 2 is 2.13 bits per heavy atom. The van der Waals surface area contributed by atoms with E-state index in [4.69, 9.17) is 4.74 Å². The summed E-state index contributed by atoms with van der Waals surface area (Å²) < 4.78 is 5.89. The molecular weight excluding hydrogens is 184 g/mol. The van der Waals surface area contributed by atoms with Crippen LogP contribution in [0.4, 0.5) is 0 Å². The minimum atomic E-state index is 0.257. The van der Waals surface area contributed by atoms with Crippen molar-refractivity contribution in [3.8, 4) is 0 Å². The van der Waals surface area contributed by atoms with Gasteiger partial charge in [-0.15, -0.1) is 6.58 Å². The second-order valence-electron chi connectivity index (χ2n) is 4.90. The largest absolute Gasteiger partial charge is 0.374 e. The van der Waals surface area contributed by atoms with Crippen LogP contribution in [0.15, 0.2) is 24.8 Å². The fraction of sp³-hybridized carbons (Fsp3) is 0.714. The van der Waals surface area contributed by atoms with Crippen LogP contribution in [0.5, 0.6) is 0 Å². The van der Waals surface area contributed by atoms with E-state index in [9.17, 15) is 0 Å². The molecule has 86 valence electrons. The molecule has 2 atom stereocenters. The number of hydrogen-bond acceptors (Lipinski definition) is 1. The predicted octanol–water partition coefficient (Wildman–Crippen LogP) is 3.96. The van der Waals surface area contributed by atoms with Gasteiger partial charge in [-0.2, -0.15) is 0 Å². The molecule has 0 radical (unpaired) electrons. The lowest BCUT2D eigenvalue weighted by Gasteiger charge is -2.19. The van der Waals surface area contributed by atoms with Crippen molar-refractivity contribution in [2.45, 2.75) is 45.6 Å². The minimum absolute atomic E-state index is 0.257. The lowest BCUT2D eigenvalue weighted by molar-refractivity contribution is 0.0613. The summed E-state index contributed by atoms with van der Waals surface area (Å²) in [6, 6.07) is 0. The van der Waals surface area contributed by atoms with Gasteiger partial charge in [0.1, 0.15) is 0 Å². The Morgan fingerprint density at radius 1 is 1.47 bits per heavy atom. The van der Waals surface area contributed by atoms with Gasteiger partial charge in [-0.25, -0.2) is 0 Å². The average molecular weight is 208 g/mol. The first-order chi connectivity index (χ1) is 7.13. The summed E-state index contributed by atoms with van der Waals surface area (Å²) in [6.45, 7) is 13.0. The monoisotopic (exact) mass is 208 g/mol. The van der Waals surface area contributed by atoms with E-state index >= 15 is 0 Å². The third-order valence-electron chi connectivity index (χ3n) is 3.07. The minimum Gasteiger partial charge on any atom is -0.374 e. The van der Waals surface area contributed by atoms with E-state index in [0.29, 0.717) is 5.92 Å². The van der Waals surface area contributed by atoms with Gasteiger partial charge in [0.2, 0.25) is 0 Å². The molecule has 1 aliphatic rings. The van der Waals surface area contributed by atoms with E-state index in [1.807, 2.05) is 6.08 Å². The van der Waals surface area contributed by atoms with Gasteiger partial charge in [-0.3, -0.25) is 0 Å². The van der Waals surface area contributed by atoms with E-state index < -0.39 is 0 Å². The molecule has 0 aliphatic heterocycles. The summed E-state index contributed by atoms with van der Waals surface area (Å²) in [4.78, 5) is 0. The van der Waals surface area contributed by atoms with Gasteiger partial charge in [0.15, 0.2) is 0 Å². The van der Waals surface area contributed by atoms with Crippen LogP contribution < -0.4 is 0 Å². The highest BCUT2D eigenvalue weighted by Crippen LogP contribution is 2.30. The predicted molar refractivity (Wildman–Crippen MR) is 65.9 cm³/mol. The van der Waals surface area contributed by atoms with Crippen molar-refractivity contribution in [3.05, 3.63) is 24.8 Å². The van der Waals surface area contributed by atoms with Crippen LogP contribution in [0.2, 0.25) is 0 Å². The SMILES string of the molecule is C=CC(C)CCC(OCC1CC1)C(=C)C. The van der Waals surface area contributed by atoms with Gasteiger partial charge in [0.25, 0.3) is 0 Å². The Morgan fingerprint density at radius 3 is 2.60 bits per heavy atom. The molecule has 15 heavy (non-hydrogen) atoms. The number of rotatable bonds is 8. The molecule has 0 saturated heterocycles. The summed E-state index contributed by atoms with van der Waals surface area (Å²) in [5.74, 6) is 1.42. The van der Waals surface area contributed by atoms with Crippen molar-refractivity contribution in [1.82, 2.24) is 0 Å². The first kappa shape index (κ1) is 12.5. The molecule has 0 heterocycles. The van der Waals surface area contributed by atoms with Gasteiger partial charge < -0.3 is 4.74 Å². The summed E-state index contributed by atoms with van der Waals surface area (Å²) in [5, 5.41) is 0. The highest BCUT2D eigenvalue weighted by Gasteiger charge is 2.23. The molecule has 0 amide bonds. The molecule has 1 heteroatoms. The van der Waals surface area contributed by atoms with E-state index in [0.717, 1.165) is 30.9 Å². The summed E-state index contributed by atoms with van der Waals surface area (Å²) in [6.07, 6.45) is 7.20. The molecule has 1 nitrogen and oxygen atoms in total. The molecule has 1 rings (SSSR count). The first-order valence-corrected chi connectivity index (χ1v) is 6.03. The maximum absolute atomic E-state index is 5.89. The van der Waals surface area contributed by atoms with Crippen molar-refractivity contribution in [2.24, 2.45) is 11.8 Å². The Hall–Kier alpha value is -0.560. The van der Waals surface area contributed by atoms with Crippen molar-refractivity contribution in [3.63, 3.8) is 0 Å². The standard InChI is InChI=1S/C14H24O/c1-5-12(4)6-9-14(11(2)3)15-10-13-7-8-13/h5,12-14H,1-2,6-10H2,3-4H3. The van der Waals surface area contributed by atoms with Crippen LogP contribution in [-0.4, -0.2) is 12.7 Å². The van der Waals surface area contributed by atoms with Crippen molar-refractivity contribution in [1.29, 1.82) is 0 Å². The summed E-state index contributed by atoms with van der Waals surface area (Å²) >= 11 is 0. The molecule has 1 fully saturated rings. The van der Waals surface area contributed by atoms with Gasteiger partial charge in [-0.05, 0) is 44.4 Å². The van der Waals surface area contributed by atoms with Crippen molar-refractivity contribution < 1.29 is 4.74 Å². The summed E-state index contributed by atoms with van der Waals surface area (Å²) in [5.41, 5.74) is 1.16. The molecule has 0 aromatic carbocycles. The van der Waals surface area contributed by atoms with Gasteiger partial charge >= 0.3 is 0 Å². The fourth-order valence-electron chi connectivity index (χ4n) is 1.54. The molecule has 2 unspecified atom stereocenters. The van der Waals surface area contributed by atoms with E-state index in [2.05, 4.69) is 27.0 Å². The molecule has 1 aliphatic carbocycles. The third-order valence-corrected chi connectivity index (χ3v) is 3.07. The van der Waals surface area contributed by atoms with Crippen molar-refractivity contribution >= 4 is 0 Å². The van der Waals surface area contributed by atoms with E-state index in [1.165, 1.54) is 12.8 Å². The van der Waals surface area contributed by atoms with E-state index in [1.54, 1.807) is 0 Å². The number of ether oxygens (including phenoxy) is 1. The Balaban J connectivity index is 2.22. The quantitative estimate of drug-likeness (QED) is 0.549. The first-order valence-electron chi connectivity index (χ1n) is 6.03. The second-order valence-corrected chi connectivity index (χ2v) is 4.90. The number of allylic oxidation sites excluding steroid dienone is 1. The normalized spacial score (nSPS) is 19.6. The van der Waals surface area contributed by atoms with Gasteiger partial charge in [0.05, 0.1) is 12.7 Å². The van der Waals surface area contributed by atoms with Crippen LogP contribution in [0.25, 0.3) is 0 Å². The second kappa shape index (κ2) is 6.12. The van der Waals surface area contributed by atoms with Crippen LogP contribution in [0, 0.1) is 11.8 Å². The van der Waals surface area contributed by atoms with Gasteiger partial charge in [-0.1, -0.05) is 25.2 Å². The van der Waals surface area contributed by atoms with Crippen LogP contribution in [0.3, 0.4) is 0 Å². The lowest BCUT2D eigenvalue weighted by atomic mass is 10.00. The molecule has 0 spiro atoms. The van der Waals surface area contributed by atoms with Crippen molar-refractivity contribution in [2.75, 3.05) is 6.61 Å². The molecule has 0 aromatic rings. The van der Waals surface area contributed by atoms with Crippen LogP contribution in [0.1, 0.15) is 39.5 Å². The van der Waals surface area contributed by atoms with E-state index in [-0.39, 0.29) is 6.10 Å². The molecule has 1 saturated carbocycles. The number of hydrogen-bond donors (Lipinski definition) is 0. The third kappa shape index (κ3) is 5.17. The molecular formula is C14H24O. The molecule has 0 bridgehead atoms. The summed E-state index contributed by atoms with van der Waals surface area (Å²) in [7, 11) is 0. The molecule has 0 N–H and O–H groups in total. The molecule has 0 aromatic heterocycles. The van der Waals surface area contributed by atoms with Crippen LogP contribution in [-0.2, 0) is 4.74 Å². The van der Waals surface area contributed by atoms with Gasteiger partial charge in [0, 0.05) is 0 Å². The fourth-order valence-corrected chi connectivity index (χ4v) is 1.54. The average Bonchev–Trinajstić information content (AvgIpc) is 3.00. The topological polar surface area (TPSA) is 9.23 Å². The maximum Gasteiger partial charge on any atom is 0.0780 e. The Kier molecular flexibility index (Phi) is 5.10. The Bertz CT molecular complexity index is 215. The van der Waals surface area contributed by atoms with Crippen LogP contribution >= 0.6 is 0 Å². The maximum atomic E-state index is 5.89. The zero-order chi connectivity index (χ0) is 11.3. The lowest BCUT2D eigenvalue weighted by Crippen LogP contribution is -2.16. The highest BCUT2D eigenvalue weighted by atomic mass is 16.5. The zero-order valence-electron chi connectivity index (χ0n) is 10.2.